The summed E-state index contributed by atoms with van der Waals surface area (Å²) in [6.45, 7) is 9.09. The quantitative estimate of drug-likeness (QED) is 0.452. The zero-order chi connectivity index (χ0) is 17.8. The van der Waals surface area contributed by atoms with E-state index in [-0.39, 0.29) is 17.9 Å². The van der Waals surface area contributed by atoms with Gasteiger partial charge in [-0.3, -0.25) is 9.69 Å². The maximum absolute atomic E-state index is 11.7. The number of carbonyl (C=O) groups excluding carboxylic acids is 1. The average Bonchev–Trinajstić information content (AvgIpc) is 2.54. The van der Waals surface area contributed by atoms with Crippen LogP contribution in [-0.2, 0) is 19.1 Å². The Morgan fingerprint density at radius 3 is 2.17 bits per heavy atom. The van der Waals surface area contributed by atoms with Crippen LogP contribution in [0.4, 0.5) is 0 Å². The topological polar surface area (TPSA) is 142 Å². The van der Waals surface area contributed by atoms with Gasteiger partial charge < -0.3 is 26.0 Å². The fourth-order valence-electron chi connectivity index (χ4n) is 1.79. The molecule has 1 amide bonds. The number of carbonyl (C=O) groups is 3. The Balaban J connectivity index is 0.000000688. The van der Waals surface area contributed by atoms with E-state index >= 15 is 0 Å². The molecule has 0 spiro atoms. The first-order valence-corrected chi connectivity index (χ1v) is 7.59. The zero-order valence-corrected chi connectivity index (χ0v) is 13.7. The predicted octanol–water partition coefficient (Wildman–Crippen LogP) is -1.04. The van der Waals surface area contributed by atoms with Crippen molar-refractivity contribution in [3.63, 3.8) is 0 Å². The number of amides is 1. The minimum absolute atomic E-state index is 0.0346. The number of nitrogens with two attached hydrogens (primary N) is 1. The number of nitrogens with zero attached hydrogens (tertiary/aromatic N) is 1. The molecule has 0 aliphatic carbocycles. The number of hydrogen-bond acceptors (Lipinski definition) is 6. The van der Waals surface area contributed by atoms with Gasteiger partial charge in [0.2, 0.25) is 5.91 Å². The lowest BCUT2D eigenvalue weighted by Gasteiger charge is -2.27. The number of aliphatic carboxylic acids is 2. The fraction of sp³-hybridized carbons (Fsp3) is 0.786. The van der Waals surface area contributed by atoms with Gasteiger partial charge in [-0.15, -0.1) is 0 Å². The average molecular weight is 333 g/mol. The Kier molecular flexibility index (Phi) is 10.9. The van der Waals surface area contributed by atoms with Gasteiger partial charge >= 0.3 is 11.9 Å². The lowest BCUT2D eigenvalue weighted by molar-refractivity contribution is -0.159. The number of carboxylic acid groups (broad SMARTS) is 2. The highest BCUT2D eigenvalue weighted by Gasteiger charge is 2.19. The van der Waals surface area contributed by atoms with Crippen LogP contribution in [0.15, 0.2) is 0 Å². The summed E-state index contributed by atoms with van der Waals surface area (Å²) in [5.41, 5.74) is 5.84. The van der Waals surface area contributed by atoms with Crippen molar-refractivity contribution in [3.05, 3.63) is 0 Å². The molecule has 1 aliphatic heterocycles. The van der Waals surface area contributed by atoms with Crippen LogP contribution in [-0.4, -0.2) is 78.4 Å². The van der Waals surface area contributed by atoms with E-state index in [0.717, 1.165) is 39.3 Å². The van der Waals surface area contributed by atoms with Gasteiger partial charge in [-0.25, -0.2) is 9.59 Å². The van der Waals surface area contributed by atoms with E-state index in [1.54, 1.807) is 0 Å². The minimum Gasteiger partial charge on any atom is -0.473 e. The van der Waals surface area contributed by atoms with Crippen LogP contribution < -0.4 is 11.1 Å². The molecule has 23 heavy (non-hydrogen) atoms. The van der Waals surface area contributed by atoms with Gasteiger partial charge in [0.1, 0.15) is 0 Å². The minimum atomic E-state index is -1.82. The van der Waals surface area contributed by atoms with Gasteiger partial charge in [0.05, 0.1) is 19.3 Å². The van der Waals surface area contributed by atoms with Crippen molar-refractivity contribution in [2.75, 3.05) is 39.4 Å². The maximum Gasteiger partial charge on any atom is 0.414 e. The molecular formula is C14H27N3O6. The Labute approximate surface area is 135 Å². The summed E-state index contributed by atoms with van der Waals surface area (Å²) >= 11 is 0. The van der Waals surface area contributed by atoms with Crippen LogP contribution in [0.5, 0.6) is 0 Å². The third-order valence-electron chi connectivity index (χ3n) is 3.57. The monoisotopic (exact) mass is 333 g/mol. The molecule has 0 saturated carbocycles. The molecule has 1 fully saturated rings. The van der Waals surface area contributed by atoms with Crippen LogP contribution in [0.3, 0.4) is 0 Å². The van der Waals surface area contributed by atoms with Crippen LogP contribution in [0, 0.1) is 5.92 Å². The molecule has 1 rings (SSSR count). The predicted molar refractivity (Wildman–Crippen MR) is 83.0 cm³/mol. The third-order valence-corrected chi connectivity index (χ3v) is 3.57. The number of hydrogen-bond donors (Lipinski definition) is 4. The zero-order valence-electron chi connectivity index (χ0n) is 13.7. The lowest BCUT2D eigenvalue weighted by atomic mass is 9.99. The van der Waals surface area contributed by atoms with E-state index in [0.29, 0.717) is 6.54 Å². The smallest absolute Gasteiger partial charge is 0.414 e. The number of ether oxygens (including phenoxy) is 1. The highest BCUT2D eigenvalue weighted by atomic mass is 16.5. The molecule has 5 N–H and O–H groups in total. The normalized spacial score (nSPS) is 17.3. The number of carboxylic acids is 2. The molecule has 0 aromatic carbocycles. The molecule has 0 aromatic heterocycles. The molecule has 0 bridgehead atoms. The second-order valence-electron chi connectivity index (χ2n) is 5.27. The highest BCUT2D eigenvalue weighted by molar-refractivity contribution is 6.27. The summed E-state index contributed by atoms with van der Waals surface area (Å²) in [7, 11) is 0. The molecule has 134 valence electrons. The standard InChI is InChI=1S/C12H25N3O2.C2H2O4/c1-3-10(2)11(13)12(16)14-4-5-15-6-8-17-9-7-15;3-1(4)2(5)6/h10-11H,3-9,13H2,1-2H3,(H,14,16);(H,3,4)(H,5,6). The summed E-state index contributed by atoms with van der Waals surface area (Å²) in [6, 6.07) is -0.385. The Bertz CT molecular complexity index is 373. The SMILES string of the molecule is CCC(C)C(N)C(=O)NCCN1CCOCC1.O=C(O)C(=O)O. The van der Waals surface area contributed by atoms with Gasteiger partial charge in [-0.2, -0.15) is 0 Å². The van der Waals surface area contributed by atoms with E-state index < -0.39 is 11.9 Å². The van der Waals surface area contributed by atoms with E-state index in [1.165, 1.54) is 0 Å². The number of morpholine rings is 1. The van der Waals surface area contributed by atoms with E-state index in [9.17, 15) is 4.79 Å². The van der Waals surface area contributed by atoms with Crippen LogP contribution in [0.1, 0.15) is 20.3 Å². The largest absolute Gasteiger partial charge is 0.473 e. The molecule has 1 heterocycles. The molecule has 1 aliphatic rings. The summed E-state index contributed by atoms with van der Waals surface area (Å²) < 4.78 is 5.26. The molecule has 1 saturated heterocycles. The second kappa shape index (κ2) is 11.8. The molecule has 9 heteroatoms. The third kappa shape index (κ3) is 9.82. The van der Waals surface area contributed by atoms with Gasteiger partial charge in [0.25, 0.3) is 0 Å². The fourth-order valence-corrected chi connectivity index (χ4v) is 1.79. The molecular weight excluding hydrogens is 306 g/mol. The van der Waals surface area contributed by atoms with Crippen molar-refractivity contribution in [1.82, 2.24) is 10.2 Å². The van der Waals surface area contributed by atoms with Gasteiger partial charge in [0, 0.05) is 26.2 Å². The molecule has 0 aromatic rings. The summed E-state index contributed by atoms with van der Waals surface area (Å²) in [4.78, 5) is 32.2. The lowest BCUT2D eigenvalue weighted by Crippen LogP contribution is -2.47. The molecule has 2 atom stereocenters. The van der Waals surface area contributed by atoms with Crippen molar-refractivity contribution in [1.29, 1.82) is 0 Å². The van der Waals surface area contributed by atoms with Crippen molar-refractivity contribution < 1.29 is 29.3 Å². The van der Waals surface area contributed by atoms with E-state index in [4.69, 9.17) is 30.3 Å². The Morgan fingerprint density at radius 1 is 1.22 bits per heavy atom. The number of nitrogens with one attached hydrogen (secondary N) is 1. The van der Waals surface area contributed by atoms with Gasteiger partial charge in [-0.05, 0) is 5.92 Å². The molecule has 2 unspecified atom stereocenters. The van der Waals surface area contributed by atoms with Crippen LogP contribution in [0.25, 0.3) is 0 Å². The first kappa shape index (κ1) is 21.3. The maximum atomic E-state index is 11.7. The van der Waals surface area contributed by atoms with E-state index in [2.05, 4.69) is 10.2 Å². The van der Waals surface area contributed by atoms with Crippen molar-refractivity contribution >= 4 is 17.8 Å². The Hall–Kier alpha value is -1.71. The first-order valence-electron chi connectivity index (χ1n) is 7.59. The van der Waals surface area contributed by atoms with E-state index in [1.807, 2.05) is 13.8 Å². The second-order valence-corrected chi connectivity index (χ2v) is 5.27. The Morgan fingerprint density at radius 2 is 1.74 bits per heavy atom. The summed E-state index contributed by atoms with van der Waals surface area (Å²) in [5, 5.41) is 17.7. The molecule has 9 nitrogen and oxygen atoms in total. The number of rotatable bonds is 6. The van der Waals surface area contributed by atoms with Gasteiger partial charge in [-0.1, -0.05) is 20.3 Å². The van der Waals surface area contributed by atoms with Crippen molar-refractivity contribution in [2.24, 2.45) is 11.7 Å². The highest BCUT2D eigenvalue weighted by Crippen LogP contribution is 2.04. The summed E-state index contributed by atoms with van der Waals surface area (Å²) in [5.74, 6) is -3.45. The van der Waals surface area contributed by atoms with Crippen molar-refractivity contribution in [2.45, 2.75) is 26.3 Å². The van der Waals surface area contributed by atoms with Crippen LogP contribution >= 0.6 is 0 Å². The van der Waals surface area contributed by atoms with Crippen LogP contribution in [0.2, 0.25) is 0 Å². The summed E-state index contributed by atoms with van der Waals surface area (Å²) in [6.07, 6.45) is 0.929. The molecule has 0 radical (unpaired) electrons. The van der Waals surface area contributed by atoms with Crippen molar-refractivity contribution in [3.8, 4) is 0 Å². The van der Waals surface area contributed by atoms with Gasteiger partial charge in [0.15, 0.2) is 0 Å². The first-order chi connectivity index (χ1) is 10.8.